The second kappa shape index (κ2) is 9.29. The molecular weight excluding hydrogens is 344 g/mol. The fraction of sp³-hybridized carbons (Fsp3) is 0.421. The van der Waals surface area contributed by atoms with Crippen LogP contribution in [0.3, 0.4) is 0 Å². The monoisotopic (exact) mass is 370 g/mol. The van der Waals surface area contributed by atoms with Crippen LogP contribution in [-0.2, 0) is 9.53 Å². The Morgan fingerprint density at radius 3 is 2.67 bits per heavy atom. The lowest BCUT2D eigenvalue weighted by Gasteiger charge is -2.26. The molecule has 2 aromatic rings. The van der Waals surface area contributed by atoms with Gasteiger partial charge in [0.25, 0.3) is 0 Å². The maximum absolute atomic E-state index is 11.2. The van der Waals surface area contributed by atoms with Gasteiger partial charge in [-0.3, -0.25) is 9.69 Å². The van der Waals surface area contributed by atoms with E-state index < -0.39 is 0 Å². The van der Waals surface area contributed by atoms with E-state index in [0.717, 1.165) is 56.6 Å². The van der Waals surface area contributed by atoms with Gasteiger partial charge in [0, 0.05) is 50.5 Å². The van der Waals surface area contributed by atoms with Crippen LogP contribution in [0.25, 0.3) is 0 Å². The van der Waals surface area contributed by atoms with E-state index in [4.69, 9.17) is 4.74 Å². The predicted octanol–water partition coefficient (Wildman–Crippen LogP) is 2.23. The lowest BCUT2D eigenvalue weighted by Crippen LogP contribution is -2.39. The van der Waals surface area contributed by atoms with E-state index in [1.165, 1.54) is 6.92 Å². The fourth-order valence-corrected chi connectivity index (χ4v) is 2.91. The first-order chi connectivity index (χ1) is 13.1. The Morgan fingerprint density at radius 2 is 1.89 bits per heavy atom. The third-order valence-electron chi connectivity index (χ3n) is 4.13. The largest absolute Gasteiger partial charge is 0.379 e. The smallest absolute Gasteiger partial charge is 0.221 e. The van der Waals surface area contributed by atoms with E-state index in [2.05, 4.69) is 30.8 Å². The van der Waals surface area contributed by atoms with Crippen LogP contribution in [0.1, 0.15) is 12.7 Å². The van der Waals surface area contributed by atoms with Crippen LogP contribution < -0.4 is 16.0 Å². The molecule has 0 saturated carbocycles. The van der Waals surface area contributed by atoms with Crippen molar-refractivity contribution in [1.29, 1.82) is 0 Å². The molecule has 1 aromatic heterocycles. The highest BCUT2D eigenvalue weighted by Gasteiger charge is 2.10. The first-order valence-electron chi connectivity index (χ1n) is 9.13. The Bertz CT molecular complexity index is 777. The average molecular weight is 370 g/mol. The highest BCUT2D eigenvalue weighted by atomic mass is 16.5. The van der Waals surface area contributed by atoms with Gasteiger partial charge in [-0.15, -0.1) is 0 Å². The Balaban J connectivity index is 1.60. The molecule has 0 bridgehead atoms. The number of hydrogen-bond donors (Lipinski definition) is 3. The number of anilines is 4. The van der Waals surface area contributed by atoms with Crippen molar-refractivity contribution in [3.63, 3.8) is 0 Å². The van der Waals surface area contributed by atoms with Crippen LogP contribution in [0, 0.1) is 6.92 Å². The second-order valence-electron chi connectivity index (χ2n) is 6.45. The van der Waals surface area contributed by atoms with Gasteiger partial charge < -0.3 is 20.7 Å². The zero-order chi connectivity index (χ0) is 19.1. The summed E-state index contributed by atoms with van der Waals surface area (Å²) >= 11 is 0. The molecule has 3 rings (SSSR count). The van der Waals surface area contributed by atoms with Gasteiger partial charge in [-0.2, -0.15) is 0 Å². The topological polar surface area (TPSA) is 91.4 Å². The number of aryl methyl sites for hydroxylation is 1. The van der Waals surface area contributed by atoms with Gasteiger partial charge >= 0.3 is 0 Å². The highest BCUT2D eigenvalue weighted by molar-refractivity contribution is 5.89. The van der Waals surface area contributed by atoms with Crippen LogP contribution in [0.4, 0.5) is 23.0 Å². The summed E-state index contributed by atoms with van der Waals surface area (Å²) in [5.74, 6) is 2.08. The van der Waals surface area contributed by atoms with E-state index in [1.807, 2.05) is 37.3 Å². The van der Waals surface area contributed by atoms with Gasteiger partial charge in [0.05, 0.1) is 13.2 Å². The molecule has 1 aliphatic rings. The molecule has 1 aromatic carbocycles. The van der Waals surface area contributed by atoms with Crippen molar-refractivity contribution in [3.8, 4) is 0 Å². The molecule has 0 atom stereocenters. The number of nitrogens with one attached hydrogen (secondary N) is 3. The van der Waals surface area contributed by atoms with Crippen molar-refractivity contribution in [2.45, 2.75) is 13.8 Å². The minimum atomic E-state index is -0.100. The quantitative estimate of drug-likeness (QED) is 0.688. The highest BCUT2D eigenvalue weighted by Crippen LogP contribution is 2.20. The third-order valence-corrected chi connectivity index (χ3v) is 4.13. The Hall–Kier alpha value is -2.71. The van der Waals surface area contributed by atoms with Crippen molar-refractivity contribution in [2.75, 3.05) is 55.3 Å². The third kappa shape index (κ3) is 6.19. The molecule has 2 heterocycles. The molecule has 0 aliphatic carbocycles. The SMILES string of the molecule is CC(=O)Nc1cccc(Nc2cc(NCCN3CCOCC3)nc(C)n2)c1. The number of carbonyl (C=O) groups is 1. The number of ether oxygens (including phenoxy) is 1. The molecular formula is C19H26N6O2. The van der Waals surface area contributed by atoms with Crippen molar-refractivity contribution in [1.82, 2.24) is 14.9 Å². The zero-order valence-electron chi connectivity index (χ0n) is 15.8. The minimum absolute atomic E-state index is 0.100. The van der Waals surface area contributed by atoms with Crippen molar-refractivity contribution >= 4 is 28.9 Å². The number of benzene rings is 1. The Morgan fingerprint density at radius 1 is 1.15 bits per heavy atom. The number of aromatic nitrogens is 2. The van der Waals surface area contributed by atoms with Gasteiger partial charge in [0.1, 0.15) is 17.5 Å². The summed E-state index contributed by atoms with van der Waals surface area (Å²) in [6.07, 6.45) is 0. The molecule has 144 valence electrons. The lowest BCUT2D eigenvalue weighted by molar-refractivity contribution is -0.114. The van der Waals surface area contributed by atoms with Crippen LogP contribution in [0.2, 0.25) is 0 Å². The average Bonchev–Trinajstić information content (AvgIpc) is 2.62. The van der Waals surface area contributed by atoms with Crippen molar-refractivity contribution in [2.24, 2.45) is 0 Å². The summed E-state index contributed by atoms with van der Waals surface area (Å²) in [4.78, 5) is 22.5. The summed E-state index contributed by atoms with van der Waals surface area (Å²) < 4.78 is 5.37. The summed E-state index contributed by atoms with van der Waals surface area (Å²) in [5, 5.41) is 9.41. The lowest BCUT2D eigenvalue weighted by atomic mass is 10.2. The fourth-order valence-electron chi connectivity index (χ4n) is 2.91. The number of nitrogens with zero attached hydrogens (tertiary/aromatic N) is 3. The summed E-state index contributed by atoms with van der Waals surface area (Å²) in [6.45, 7) is 8.68. The van der Waals surface area contributed by atoms with Gasteiger partial charge in [-0.05, 0) is 25.1 Å². The molecule has 0 radical (unpaired) electrons. The molecule has 3 N–H and O–H groups in total. The predicted molar refractivity (Wildman–Crippen MR) is 107 cm³/mol. The molecule has 27 heavy (non-hydrogen) atoms. The van der Waals surface area contributed by atoms with E-state index in [9.17, 15) is 4.79 Å². The molecule has 8 heteroatoms. The molecule has 0 spiro atoms. The zero-order valence-corrected chi connectivity index (χ0v) is 15.8. The van der Waals surface area contributed by atoms with Crippen molar-refractivity contribution in [3.05, 3.63) is 36.2 Å². The number of morpholine rings is 1. The van der Waals surface area contributed by atoms with E-state index >= 15 is 0 Å². The van der Waals surface area contributed by atoms with Crippen molar-refractivity contribution < 1.29 is 9.53 Å². The second-order valence-corrected chi connectivity index (χ2v) is 6.45. The molecule has 0 unspecified atom stereocenters. The Kier molecular flexibility index (Phi) is 6.56. The maximum Gasteiger partial charge on any atom is 0.221 e. The van der Waals surface area contributed by atoms with E-state index in [1.54, 1.807) is 0 Å². The number of carbonyl (C=O) groups excluding carboxylic acids is 1. The van der Waals surface area contributed by atoms with Crippen LogP contribution >= 0.6 is 0 Å². The Labute approximate surface area is 159 Å². The van der Waals surface area contributed by atoms with Crippen LogP contribution in [0.5, 0.6) is 0 Å². The summed E-state index contributed by atoms with van der Waals surface area (Å²) in [6, 6.07) is 9.40. The number of amides is 1. The van der Waals surface area contributed by atoms with E-state index in [0.29, 0.717) is 11.6 Å². The number of rotatable bonds is 7. The first-order valence-corrected chi connectivity index (χ1v) is 9.13. The van der Waals surface area contributed by atoms with E-state index in [-0.39, 0.29) is 5.91 Å². The summed E-state index contributed by atoms with van der Waals surface area (Å²) in [5.41, 5.74) is 1.58. The standard InChI is InChI=1S/C19H26N6O2/c1-14-21-18(20-6-7-25-8-10-27-11-9-25)13-19(22-14)24-17-5-3-4-16(12-17)23-15(2)26/h3-5,12-13H,6-11H2,1-2H3,(H,23,26)(H2,20,21,22,24). The maximum atomic E-state index is 11.2. The van der Waals surface area contributed by atoms with Gasteiger partial charge in [-0.1, -0.05) is 6.07 Å². The number of hydrogen-bond acceptors (Lipinski definition) is 7. The van der Waals surface area contributed by atoms with Gasteiger partial charge in [0.2, 0.25) is 5.91 Å². The van der Waals surface area contributed by atoms with Crippen LogP contribution in [0.15, 0.2) is 30.3 Å². The normalized spacial score (nSPS) is 14.6. The minimum Gasteiger partial charge on any atom is -0.379 e. The molecule has 1 fully saturated rings. The first kappa shape index (κ1) is 19.1. The molecule has 1 aliphatic heterocycles. The molecule has 1 saturated heterocycles. The molecule has 1 amide bonds. The van der Waals surface area contributed by atoms with Gasteiger partial charge in [-0.25, -0.2) is 9.97 Å². The van der Waals surface area contributed by atoms with Gasteiger partial charge in [0.15, 0.2) is 0 Å². The molecule has 8 nitrogen and oxygen atoms in total. The van der Waals surface area contributed by atoms with Crippen LogP contribution in [-0.4, -0.2) is 60.2 Å². The summed E-state index contributed by atoms with van der Waals surface area (Å²) in [7, 11) is 0.